The number of aryl methyl sites for hydroxylation is 1. The van der Waals surface area contributed by atoms with Crippen LogP contribution in [0.4, 0.5) is 5.00 Å². The van der Waals surface area contributed by atoms with Crippen molar-refractivity contribution in [3.63, 3.8) is 0 Å². The van der Waals surface area contributed by atoms with Gasteiger partial charge in [0.25, 0.3) is 0 Å². The number of hydrogen-bond donors (Lipinski definition) is 1. The zero-order chi connectivity index (χ0) is 21.9. The van der Waals surface area contributed by atoms with Crippen LogP contribution in [0.5, 0.6) is 5.75 Å². The molecule has 0 aliphatic carbocycles. The minimum atomic E-state index is -3.99. The van der Waals surface area contributed by atoms with E-state index in [0.717, 1.165) is 34.5 Å². The van der Waals surface area contributed by atoms with Crippen molar-refractivity contribution in [1.29, 1.82) is 0 Å². The second-order valence-corrected chi connectivity index (χ2v) is 11.7. The monoisotopic (exact) mass is 466 g/mol. The first kappa shape index (κ1) is 22.3. The smallest absolute Gasteiger partial charge is 0.226 e. The number of aromatic nitrogens is 1. The fourth-order valence-corrected chi connectivity index (χ4v) is 6.34. The van der Waals surface area contributed by atoms with Gasteiger partial charge in [-0.2, -0.15) is 0 Å². The second kappa shape index (κ2) is 8.75. The molecule has 160 valence electrons. The number of nitrogens with one attached hydrogen (secondary N) is 1. The average Bonchev–Trinajstić information content (AvgIpc) is 3.14. The van der Waals surface area contributed by atoms with Crippen LogP contribution in [0.25, 0.3) is 0 Å². The molecule has 0 saturated heterocycles. The molecule has 1 N–H and O–H groups in total. The van der Waals surface area contributed by atoms with Crippen LogP contribution in [0.3, 0.4) is 0 Å². The van der Waals surface area contributed by atoms with Crippen LogP contribution in [-0.2, 0) is 26.1 Å². The van der Waals surface area contributed by atoms with Crippen molar-refractivity contribution in [3.05, 3.63) is 59.7 Å². The molecule has 0 bridgehead atoms. The molecular formula is C20H22N2O5S3. The molecule has 1 aromatic heterocycles. The molecule has 0 unspecified atom stereocenters. The van der Waals surface area contributed by atoms with Crippen molar-refractivity contribution in [2.45, 2.75) is 27.6 Å². The van der Waals surface area contributed by atoms with E-state index >= 15 is 0 Å². The molecule has 3 rings (SSSR count). The summed E-state index contributed by atoms with van der Waals surface area (Å²) < 4.78 is 55.3. The maximum Gasteiger partial charge on any atom is 0.226 e. The highest BCUT2D eigenvalue weighted by Crippen LogP contribution is 2.34. The van der Waals surface area contributed by atoms with Crippen molar-refractivity contribution < 1.29 is 21.6 Å². The molecule has 0 fully saturated rings. The first-order valence-electron chi connectivity index (χ1n) is 9.01. The number of para-hydroxylation sites is 1. The van der Waals surface area contributed by atoms with Gasteiger partial charge >= 0.3 is 0 Å². The second-order valence-electron chi connectivity index (χ2n) is 6.69. The molecule has 0 aliphatic heterocycles. The van der Waals surface area contributed by atoms with Gasteiger partial charge in [-0.15, -0.1) is 0 Å². The number of anilines is 1. The highest BCUT2D eigenvalue weighted by atomic mass is 32.2. The molecular weight excluding hydrogens is 444 g/mol. The van der Waals surface area contributed by atoms with Crippen molar-refractivity contribution >= 4 is 36.0 Å². The summed E-state index contributed by atoms with van der Waals surface area (Å²) in [5, 5.41) is 2.97. The zero-order valence-electron chi connectivity index (χ0n) is 16.7. The molecule has 0 aliphatic rings. The van der Waals surface area contributed by atoms with Gasteiger partial charge in [-0.3, -0.25) is 0 Å². The molecule has 0 atom stereocenters. The molecule has 0 spiro atoms. The van der Waals surface area contributed by atoms with Crippen molar-refractivity contribution in [3.8, 4) is 5.75 Å². The van der Waals surface area contributed by atoms with Gasteiger partial charge < -0.3 is 10.1 Å². The molecule has 0 radical (unpaired) electrons. The Balaban J connectivity index is 1.93. The lowest BCUT2D eigenvalue weighted by Crippen LogP contribution is -2.10. The maximum atomic E-state index is 13.1. The topological polar surface area (TPSA) is 102 Å². The predicted molar refractivity (Wildman–Crippen MR) is 117 cm³/mol. The Bertz CT molecular complexity index is 1250. The van der Waals surface area contributed by atoms with Crippen LogP contribution in [0.15, 0.2) is 62.8 Å². The van der Waals surface area contributed by atoms with Crippen molar-refractivity contribution in [1.82, 2.24) is 4.98 Å². The molecule has 0 amide bonds. The van der Waals surface area contributed by atoms with Gasteiger partial charge in [0.1, 0.15) is 10.8 Å². The number of ether oxygens (including phenoxy) is 1. The van der Waals surface area contributed by atoms with E-state index in [1.54, 1.807) is 19.2 Å². The summed E-state index contributed by atoms with van der Waals surface area (Å²) in [6.45, 7) is 2.23. The quantitative estimate of drug-likeness (QED) is 0.543. The highest BCUT2D eigenvalue weighted by molar-refractivity contribution is 7.93. The Morgan fingerprint density at radius 2 is 1.70 bits per heavy atom. The third-order valence-corrected chi connectivity index (χ3v) is 8.87. The maximum absolute atomic E-state index is 13.1. The first-order chi connectivity index (χ1) is 14.1. The van der Waals surface area contributed by atoms with E-state index < -0.39 is 19.7 Å². The minimum Gasteiger partial charge on any atom is -0.496 e. The van der Waals surface area contributed by atoms with Gasteiger partial charge in [0.05, 0.1) is 12.0 Å². The van der Waals surface area contributed by atoms with E-state index in [4.69, 9.17) is 4.74 Å². The SMILES string of the molecule is COc1ccccc1CCNc1sc(S(C)(=O)=O)nc1S(=O)(=O)c1ccc(C)cc1. The Morgan fingerprint density at radius 1 is 1.03 bits per heavy atom. The zero-order valence-corrected chi connectivity index (χ0v) is 19.2. The molecule has 0 saturated carbocycles. The van der Waals surface area contributed by atoms with Gasteiger partial charge in [0, 0.05) is 12.8 Å². The Kier molecular flexibility index (Phi) is 6.49. The van der Waals surface area contributed by atoms with Gasteiger partial charge in [0.2, 0.25) is 24.0 Å². The van der Waals surface area contributed by atoms with Gasteiger partial charge in [0.15, 0.2) is 5.03 Å². The number of sulfone groups is 2. The molecule has 7 nitrogen and oxygen atoms in total. The molecule has 1 heterocycles. The molecule has 2 aromatic carbocycles. The van der Waals surface area contributed by atoms with Crippen LogP contribution in [-0.4, -0.2) is 41.7 Å². The van der Waals surface area contributed by atoms with Crippen LogP contribution in [0.2, 0.25) is 0 Å². The lowest BCUT2D eigenvalue weighted by Gasteiger charge is -2.10. The summed E-state index contributed by atoms with van der Waals surface area (Å²) in [5.41, 5.74) is 1.86. The number of nitrogens with zero attached hydrogens (tertiary/aromatic N) is 1. The van der Waals surface area contributed by atoms with Crippen LogP contribution < -0.4 is 10.1 Å². The summed E-state index contributed by atoms with van der Waals surface area (Å²) in [5.74, 6) is 0.730. The Labute approximate surface area is 180 Å². The van der Waals surface area contributed by atoms with Crippen LogP contribution in [0, 0.1) is 6.92 Å². The van der Waals surface area contributed by atoms with E-state index in [9.17, 15) is 16.8 Å². The third kappa shape index (κ3) is 4.82. The number of rotatable bonds is 8. The summed E-state index contributed by atoms with van der Waals surface area (Å²) in [6, 6.07) is 13.9. The molecule has 3 aromatic rings. The lowest BCUT2D eigenvalue weighted by molar-refractivity contribution is 0.410. The third-order valence-electron chi connectivity index (χ3n) is 4.35. The summed E-state index contributed by atoms with van der Waals surface area (Å²) in [7, 11) is -6.06. The van der Waals surface area contributed by atoms with Crippen LogP contribution in [0.1, 0.15) is 11.1 Å². The Morgan fingerprint density at radius 3 is 2.33 bits per heavy atom. The summed E-state index contributed by atoms with van der Waals surface area (Å²) in [4.78, 5) is 4.03. The highest BCUT2D eigenvalue weighted by Gasteiger charge is 2.29. The number of methoxy groups -OCH3 is 1. The first-order valence-corrected chi connectivity index (χ1v) is 13.2. The average molecular weight is 467 g/mol. The lowest BCUT2D eigenvalue weighted by atomic mass is 10.1. The van der Waals surface area contributed by atoms with Gasteiger partial charge in [-0.1, -0.05) is 47.2 Å². The normalized spacial score (nSPS) is 12.0. The molecule has 10 heteroatoms. The van der Waals surface area contributed by atoms with E-state index in [2.05, 4.69) is 10.3 Å². The van der Waals surface area contributed by atoms with Crippen LogP contribution >= 0.6 is 11.3 Å². The Hall–Kier alpha value is -2.43. The predicted octanol–water partition coefficient (Wildman–Crippen LogP) is 3.35. The van der Waals surface area contributed by atoms with E-state index in [0.29, 0.717) is 13.0 Å². The largest absolute Gasteiger partial charge is 0.496 e. The van der Waals surface area contributed by atoms with E-state index in [-0.39, 0.29) is 19.3 Å². The standard InChI is InChI=1S/C20H22N2O5S3/c1-14-8-10-16(11-9-14)30(25,26)19-18(28-20(22-19)29(3,23)24)21-13-12-15-6-4-5-7-17(15)27-2/h4-11,21H,12-13H2,1-3H3. The number of benzene rings is 2. The van der Waals surface area contributed by atoms with Crippen molar-refractivity contribution in [2.75, 3.05) is 25.2 Å². The van der Waals surface area contributed by atoms with Crippen molar-refractivity contribution in [2.24, 2.45) is 0 Å². The summed E-state index contributed by atoms with van der Waals surface area (Å²) in [6.07, 6.45) is 1.56. The summed E-state index contributed by atoms with van der Waals surface area (Å²) >= 11 is 0.816. The number of thiazole rings is 1. The number of hydrogen-bond acceptors (Lipinski definition) is 8. The van der Waals surface area contributed by atoms with E-state index in [1.807, 2.05) is 31.2 Å². The fourth-order valence-electron chi connectivity index (χ4n) is 2.79. The van der Waals surface area contributed by atoms with Gasteiger partial charge in [-0.25, -0.2) is 21.8 Å². The molecule has 30 heavy (non-hydrogen) atoms. The fraction of sp³-hybridized carbons (Fsp3) is 0.250. The minimum absolute atomic E-state index is 0.0613. The van der Waals surface area contributed by atoms with Gasteiger partial charge in [-0.05, 0) is 37.1 Å². The van der Waals surface area contributed by atoms with E-state index in [1.165, 1.54) is 12.1 Å².